The first-order valence-corrected chi connectivity index (χ1v) is 13.9. The molecule has 4 rings (SSSR count). The molecule has 2 aliphatic rings. The van der Waals surface area contributed by atoms with E-state index in [4.69, 9.17) is 4.74 Å². The maximum atomic E-state index is 12.9. The van der Waals surface area contributed by atoms with Crippen molar-refractivity contribution in [3.05, 3.63) is 78.4 Å². The van der Waals surface area contributed by atoms with Crippen molar-refractivity contribution in [2.75, 3.05) is 19.6 Å². The van der Waals surface area contributed by atoms with E-state index in [1.165, 1.54) is 18.1 Å². The van der Waals surface area contributed by atoms with Crippen LogP contribution in [0.2, 0.25) is 0 Å². The minimum absolute atomic E-state index is 0.0281. The minimum atomic E-state index is -0.301. The number of fused-ring (bicyclic) bond motifs is 1. The Bertz CT molecular complexity index is 1050. The van der Waals surface area contributed by atoms with Crippen molar-refractivity contribution in [3.8, 4) is 5.75 Å². The van der Waals surface area contributed by atoms with Crippen molar-refractivity contribution in [1.82, 2.24) is 10.2 Å². The summed E-state index contributed by atoms with van der Waals surface area (Å²) >= 11 is 0. The summed E-state index contributed by atoms with van der Waals surface area (Å²) in [6, 6.07) is 18.8. The Balaban J connectivity index is 1.37. The van der Waals surface area contributed by atoms with E-state index in [1.54, 1.807) is 0 Å². The van der Waals surface area contributed by atoms with Crippen LogP contribution in [0.1, 0.15) is 69.4 Å². The molecule has 1 aliphatic carbocycles. The van der Waals surface area contributed by atoms with Crippen LogP contribution in [0.25, 0.3) is 0 Å². The van der Waals surface area contributed by atoms with Gasteiger partial charge in [-0.2, -0.15) is 0 Å². The first-order chi connectivity index (χ1) is 18.0. The van der Waals surface area contributed by atoms with Gasteiger partial charge in [0.2, 0.25) is 5.91 Å². The van der Waals surface area contributed by atoms with Crippen LogP contribution in [0, 0.1) is 5.92 Å². The lowest BCUT2D eigenvalue weighted by atomic mass is 9.58. The second kappa shape index (κ2) is 13.0. The Morgan fingerprint density at radius 3 is 2.73 bits per heavy atom. The van der Waals surface area contributed by atoms with Gasteiger partial charge in [-0.3, -0.25) is 14.5 Å². The predicted octanol–water partition coefficient (Wildman–Crippen LogP) is 5.83. The molecule has 3 unspecified atom stereocenters. The molecule has 0 spiro atoms. The van der Waals surface area contributed by atoms with Gasteiger partial charge in [-0.05, 0) is 80.7 Å². The molecule has 1 saturated heterocycles. The van der Waals surface area contributed by atoms with Crippen molar-refractivity contribution in [1.29, 1.82) is 0 Å². The molecule has 0 radical (unpaired) electrons. The molecule has 2 fully saturated rings. The third kappa shape index (κ3) is 7.32. The molecule has 2 aromatic carbocycles. The molecule has 0 aromatic heterocycles. The molecule has 1 N–H and O–H groups in total. The van der Waals surface area contributed by atoms with Crippen molar-refractivity contribution < 1.29 is 14.3 Å². The summed E-state index contributed by atoms with van der Waals surface area (Å²) in [5, 5.41) is 3.38. The third-order valence-corrected chi connectivity index (χ3v) is 8.24. The zero-order chi connectivity index (χ0) is 26.1. The molecule has 1 amide bonds. The second-order valence-electron chi connectivity index (χ2n) is 10.9. The van der Waals surface area contributed by atoms with E-state index in [0.29, 0.717) is 18.1 Å². The SMILES string of the molecule is C=CCN1CCC2(c3cccc(OC(C)=O)c3)CC(NC(=O)CCCCCc3ccccc3)CCC2C1. The number of likely N-dealkylation sites (tertiary alicyclic amines) is 1. The number of aryl methyl sites for hydroxylation is 1. The van der Waals surface area contributed by atoms with E-state index >= 15 is 0 Å². The van der Waals surface area contributed by atoms with Crippen LogP contribution in [0.15, 0.2) is 67.3 Å². The summed E-state index contributed by atoms with van der Waals surface area (Å²) < 4.78 is 5.43. The maximum Gasteiger partial charge on any atom is 0.308 e. The number of esters is 1. The van der Waals surface area contributed by atoms with Crippen LogP contribution in [0.3, 0.4) is 0 Å². The second-order valence-corrected chi connectivity index (χ2v) is 10.9. The lowest BCUT2D eigenvalue weighted by Crippen LogP contribution is -2.56. The molecule has 3 atom stereocenters. The van der Waals surface area contributed by atoms with Crippen molar-refractivity contribution >= 4 is 11.9 Å². The fourth-order valence-electron chi connectivity index (χ4n) is 6.46. The van der Waals surface area contributed by atoms with Crippen LogP contribution in [0.4, 0.5) is 0 Å². The number of ether oxygens (including phenoxy) is 1. The fraction of sp³-hybridized carbons (Fsp3) is 0.500. The lowest BCUT2D eigenvalue weighted by molar-refractivity contribution is -0.132. The van der Waals surface area contributed by atoms with E-state index in [2.05, 4.69) is 53.2 Å². The molecule has 1 saturated carbocycles. The quantitative estimate of drug-likeness (QED) is 0.182. The Labute approximate surface area is 222 Å². The molecule has 1 heterocycles. The van der Waals surface area contributed by atoms with E-state index in [0.717, 1.165) is 71.0 Å². The van der Waals surface area contributed by atoms with Gasteiger partial charge in [0.1, 0.15) is 5.75 Å². The summed E-state index contributed by atoms with van der Waals surface area (Å²) in [5.41, 5.74) is 2.57. The van der Waals surface area contributed by atoms with Gasteiger partial charge in [0.25, 0.3) is 0 Å². The van der Waals surface area contributed by atoms with E-state index < -0.39 is 0 Å². The smallest absolute Gasteiger partial charge is 0.308 e. The highest BCUT2D eigenvalue weighted by Gasteiger charge is 2.48. The van der Waals surface area contributed by atoms with Gasteiger partial charge in [-0.1, -0.05) is 55.0 Å². The Hall–Kier alpha value is -2.92. The van der Waals surface area contributed by atoms with Gasteiger partial charge in [0.15, 0.2) is 0 Å². The number of piperidine rings is 1. The van der Waals surface area contributed by atoms with Gasteiger partial charge >= 0.3 is 5.97 Å². The van der Waals surface area contributed by atoms with Gasteiger partial charge in [0, 0.05) is 37.9 Å². The summed E-state index contributed by atoms with van der Waals surface area (Å²) in [6.07, 6.45) is 10.8. The number of rotatable bonds is 11. The van der Waals surface area contributed by atoms with Crippen LogP contribution < -0.4 is 10.1 Å². The highest BCUT2D eigenvalue weighted by atomic mass is 16.5. The molecule has 5 heteroatoms. The van der Waals surface area contributed by atoms with Crippen LogP contribution in [0.5, 0.6) is 5.75 Å². The van der Waals surface area contributed by atoms with Crippen molar-refractivity contribution in [2.24, 2.45) is 5.92 Å². The van der Waals surface area contributed by atoms with Crippen LogP contribution >= 0.6 is 0 Å². The minimum Gasteiger partial charge on any atom is -0.427 e. The molecule has 5 nitrogen and oxygen atoms in total. The molecular formula is C32H42N2O3. The zero-order valence-corrected chi connectivity index (χ0v) is 22.3. The summed E-state index contributed by atoms with van der Waals surface area (Å²) in [6.45, 7) is 8.32. The van der Waals surface area contributed by atoms with Crippen molar-refractivity contribution in [2.45, 2.75) is 76.2 Å². The zero-order valence-electron chi connectivity index (χ0n) is 22.3. The summed E-state index contributed by atoms with van der Waals surface area (Å²) in [4.78, 5) is 26.9. The predicted molar refractivity (Wildman–Crippen MR) is 149 cm³/mol. The third-order valence-electron chi connectivity index (χ3n) is 8.24. The van der Waals surface area contributed by atoms with Gasteiger partial charge in [-0.25, -0.2) is 0 Å². The standard InChI is InChI=1S/C32H42N2O3/c1-3-20-34-21-19-32(27-14-10-15-30(22-27)37-25(2)35)23-29(18-17-28(32)24-34)33-31(36)16-9-5-8-13-26-11-6-4-7-12-26/h3-4,6-7,10-12,14-15,22,28-29H,1,5,8-9,13,16-21,23-24H2,2H3,(H,33,36). The first-order valence-electron chi connectivity index (χ1n) is 13.9. The Morgan fingerprint density at radius 1 is 1.11 bits per heavy atom. The highest BCUT2D eigenvalue weighted by molar-refractivity contribution is 5.76. The average Bonchev–Trinajstić information content (AvgIpc) is 2.89. The Morgan fingerprint density at radius 2 is 1.95 bits per heavy atom. The van der Waals surface area contributed by atoms with Gasteiger partial charge in [-0.15, -0.1) is 6.58 Å². The molecule has 37 heavy (non-hydrogen) atoms. The lowest BCUT2D eigenvalue weighted by Gasteiger charge is -2.53. The number of hydrogen-bond donors (Lipinski definition) is 1. The fourth-order valence-corrected chi connectivity index (χ4v) is 6.46. The highest BCUT2D eigenvalue weighted by Crippen LogP contribution is 2.49. The van der Waals surface area contributed by atoms with Gasteiger partial charge < -0.3 is 10.1 Å². The number of unbranched alkanes of at least 4 members (excludes halogenated alkanes) is 2. The number of carbonyl (C=O) groups is 2. The molecule has 0 bridgehead atoms. The van der Waals surface area contributed by atoms with Crippen LogP contribution in [-0.4, -0.2) is 42.5 Å². The maximum absolute atomic E-state index is 12.9. The molecule has 2 aromatic rings. The average molecular weight is 503 g/mol. The number of hydrogen-bond acceptors (Lipinski definition) is 4. The molecular weight excluding hydrogens is 460 g/mol. The molecule has 1 aliphatic heterocycles. The largest absolute Gasteiger partial charge is 0.427 e. The summed E-state index contributed by atoms with van der Waals surface area (Å²) in [7, 11) is 0. The van der Waals surface area contributed by atoms with E-state index in [9.17, 15) is 9.59 Å². The van der Waals surface area contributed by atoms with Gasteiger partial charge in [0.05, 0.1) is 0 Å². The van der Waals surface area contributed by atoms with Crippen LogP contribution in [-0.2, 0) is 21.4 Å². The monoisotopic (exact) mass is 502 g/mol. The van der Waals surface area contributed by atoms with E-state index in [1.807, 2.05) is 24.3 Å². The summed E-state index contributed by atoms with van der Waals surface area (Å²) in [5.74, 6) is 0.980. The topological polar surface area (TPSA) is 58.6 Å². The molecule has 198 valence electrons. The normalized spacial score (nSPS) is 23.6. The van der Waals surface area contributed by atoms with E-state index in [-0.39, 0.29) is 23.3 Å². The first kappa shape index (κ1) is 27.1. The number of amides is 1. The van der Waals surface area contributed by atoms with Crippen molar-refractivity contribution in [3.63, 3.8) is 0 Å². The number of nitrogens with zero attached hydrogens (tertiary/aromatic N) is 1. The number of carbonyl (C=O) groups excluding carboxylic acids is 2. The Kier molecular flexibility index (Phi) is 9.56. The number of nitrogens with one attached hydrogen (secondary N) is 1. The number of benzene rings is 2.